The van der Waals surface area contributed by atoms with Crippen molar-refractivity contribution in [2.45, 2.75) is 51.0 Å². The fraction of sp³-hybridized carbons (Fsp3) is 0.812. The van der Waals surface area contributed by atoms with E-state index in [4.69, 9.17) is 5.11 Å². The van der Waals surface area contributed by atoms with Crippen LogP contribution in [-0.2, 0) is 14.4 Å². The van der Waals surface area contributed by atoms with Crippen molar-refractivity contribution in [3.8, 4) is 0 Å². The van der Waals surface area contributed by atoms with Crippen molar-refractivity contribution in [2.24, 2.45) is 11.8 Å². The molecule has 2 saturated heterocycles. The molecule has 0 spiro atoms. The second-order valence-electron chi connectivity index (χ2n) is 6.85. The molecule has 0 aromatic carbocycles. The maximum absolute atomic E-state index is 12.5. The molecule has 1 N–H and O–H groups in total. The average Bonchev–Trinajstić information content (AvgIpc) is 3.14. The summed E-state index contributed by atoms with van der Waals surface area (Å²) >= 11 is 0. The van der Waals surface area contributed by atoms with Crippen LogP contribution in [0.15, 0.2) is 0 Å². The number of hydrogen-bond donors (Lipinski definition) is 1. The highest BCUT2D eigenvalue weighted by molar-refractivity contribution is 5.86. The van der Waals surface area contributed by atoms with E-state index < -0.39 is 11.9 Å². The quantitative estimate of drug-likeness (QED) is 0.847. The van der Waals surface area contributed by atoms with Gasteiger partial charge in [-0.2, -0.15) is 0 Å². The van der Waals surface area contributed by atoms with E-state index in [0.29, 0.717) is 19.6 Å². The van der Waals surface area contributed by atoms with Crippen molar-refractivity contribution in [1.29, 1.82) is 0 Å². The monoisotopic (exact) mass is 308 g/mol. The van der Waals surface area contributed by atoms with Gasteiger partial charge in [-0.1, -0.05) is 19.3 Å². The summed E-state index contributed by atoms with van der Waals surface area (Å²) in [5.74, 6) is -1.17. The summed E-state index contributed by atoms with van der Waals surface area (Å²) < 4.78 is 0. The Morgan fingerprint density at radius 2 is 1.73 bits per heavy atom. The van der Waals surface area contributed by atoms with Crippen LogP contribution in [0.4, 0.5) is 0 Å². The van der Waals surface area contributed by atoms with E-state index in [-0.39, 0.29) is 30.2 Å². The first-order chi connectivity index (χ1) is 10.6. The molecule has 0 bridgehead atoms. The van der Waals surface area contributed by atoms with E-state index in [9.17, 15) is 14.4 Å². The molecule has 2 heterocycles. The summed E-state index contributed by atoms with van der Waals surface area (Å²) in [6.07, 6.45) is 6.36. The number of hydrogen-bond acceptors (Lipinski definition) is 3. The van der Waals surface area contributed by atoms with Crippen LogP contribution in [0.3, 0.4) is 0 Å². The predicted molar refractivity (Wildman–Crippen MR) is 79.0 cm³/mol. The van der Waals surface area contributed by atoms with Crippen molar-refractivity contribution in [2.75, 3.05) is 19.6 Å². The normalized spacial score (nSPS) is 30.1. The van der Waals surface area contributed by atoms with Crippen LogP contribution in [0.1, 0.15) is 44.9 Å². The summed E-state index contributed by atoms with van der Waals surface area (Å²) in [6, 6.07) is 0.00407. The van der Waals surface area contributed by atoms with Crippen molar-refractivity contribution >= 4 is 17.8 Å². The molecule has 6 nitrogen and oxygen atoms in total. The zero-order valence-corrected chi connectivity index (χ0v) is 12.9. The lowest BCUT2D eigenvalue weighted by molar-refractivity contribution is -0.141. The van der Waals surface area contributed by atoms with Crippen molar-refractivity contribution in [3.05, 3.63) is 0 Å². The highest BCUT2D eigenvalue weighted by Gasteiger charge is 2.41. The Morgan fingerprint density at radius 3 is 2.36 bits per heavy atom. The van der Waals surface area contributed by atoms with Gasteiger partial charge in [0.25, 0.3) is 0 Å². The number of rotatable bonds is 3. The molecule has 0 aromatic heterocycles. The van der Waals surface area contributed by atoms with Gasteiger partial charge in [0, 0.05) is 32.0 Å². The minimum Gasteiger partial charge on any atom is -0.481 e. The summed E-state index contributed by atoms with van der Waals surface area (Å²) in [5.41, 5.74) is 0. The molecule has 2 aliphatic heterocycles. The van der Waals surface area contributed by atoms with E-state index in [2.05, 4.69) is 0 Å². The van der Waals surface area contributed by atoms with Crippen molar-refractivity contribution < 1.29 is 19.5 Å². The van der Waals surface area contributed by atoms with Gasteiger partial charge in [-0.25, -0.2) is 0 Å². The van der Waals surface area contributed by atoms with Gasteiger partial charge in [-0.15, -0.1) is 0 Å². The fourth-order valence-electron chi connectivity index (χ4n) is 4.05. The Morgan fingerprint density at radius 1 is 1.00 bits per heavy atom. The standard InChI is InChI=1S/C16H24N2O4/c19-14-8-12(16(21)22)9-18(14)13-6-7-17(10-13)15(20)11-4-2-1-3-5-11/h11-13H,1-10H2,(H,21,22). The van der Waals surface area contributed by atoms with Crippen LogP contribution in [0, 0.1) is 11.8 Å². The smallest absolute Gasteiger partial charge is 0.308 e. The van der Waals surface area contributed by atoms with Gasteiger partial charge in [0.05, 0.1) is 12.0 Å². The van der Waals surface area contributed by atoms with Gasteiger partial charge < -0.3 is 14.9 Å². The highest BCUT2D eigenvalue weighted by Crippen LogP contribution is 2.29. The van der Waals surface area contributed by atoms with Gasteiger partial charge in [0.1, 0.15) is 0 Å². The molecule has 2 unspecified atom stereocenters. The van der Waals surface area contributed by atoms with Crippen molar-refractivity contribution in [3.63, 3.8) is 0 Å². The van der Waals surface area contributed by atoms with Crippen LogP contribution < -0.4 is 0 Å². The number of likely N-dealkylation sites (tertiary alicyclic amines) is 2. The Bertz CT molecular complexity index is 473. The first kappa shape index (κ1) is 15.3. The Kier molecular flexibility index (Phi) is 4.36. The zero-order valence-electron chi connectivity index (χ0n) is 12.9. The maximum atomic E-state index is 12.5. The highest BCUT2D eigenvalue weighted by atomic mass is 16.4. The number of nitrogens with zero attached hydrogens (tertiary/aromatic N) is 2. The molecule has 122 valence electrons. The minimum absolute atomic E-state index is 0.00407. The Labute approximate surface area is 130 Å². The molecule has 3 rings (SSSR count). The average molecular weight is 308 g/mol. The van der Waals surface area contributed by atoms with E-state index in [1.165, 1.54) is 6.42 Å². The largest absolute Gasteiger partial charge is 0.481 e. The summed E-state index contributed by atoms with van der Waals surface area (Å²) in [7, 11) is 0. The molecule has 3 aliphatic rings. The van der Waals surface area contributed by atoms with E-state index in [0.717, 1.165) is 32.1 Å². The number of carboxylic acids is 1. The fourth-order valence-corrected chi connectivity index (χ4v) is 4.05. The van der Waals surface area contributed by atoms with E-state index >= 15 is 0 Å². The number of amides is 2. The topological polar surface area (TPSA) is 77.9 Å². The third-order valence-corrected chi connectivity index (χ3v) is 5.38. The van der Waals surface area contributed by atoms with Gasteiger partial charge >= 0.3 is 5.97 Å². The van der Waals surface area contributed by atoms with E-state index in [1.807, 2.05) is 4.90 Å². The first-order valence-corrected chi connectivity index (χ1v) is 8.37. The maximum Gasteiger partial charge on any atom is 0.308 e. The molecule has 2 amide bonds. The van der Waals surface area contributed by atoms with Gasteiger partial charge in [0.2, 0.25) is 11.8 Å². The molecule has 3 fully saturated rings. The summed E-state index contributed by atoms with van der Waals surface area (Å²) in [5, 5.41) is 9.06. The lowest BCUT2D eigenvalue weighted by Gasteiger charge is -2.28. The van der Waals surface area contributed by atoms with Crippen LogP contribution in [0.2, 0.25) is 0 Å². The number of carbonyl (C=O) groups excluding carboxylic acids is 2. The lowest BCUT2D eigenvalue weighted by atomic mass is 9.88. The van der Waals surface area contributed by atoms with Crippen LogP contribution in [0.5, 0.6) is 0 Å². The number of aliphatic carboxylic acids is 1. The number of carboxylic acid groups (broad SMARTS) is 1. The second kappa shape index (κ2) is 6.26. The molecule has 6 heteroatoms. The molecule has 0 radical (unpaired) electrons. The van der Waals surface area contributed by atoms with E-state index in [1.54, 1.807) is 4.90 Å². The first-order valence-electron chi connectivity index (χ1n) is 8.37. The molecule has 1 aliphatic carbocycles. The Hall–Kier alpha value is -1.59. The number of carbonyl (C=O) groups is 3. The molecular formula is C16H24N2O4. The molecule has 2 atom stereocenters. The van der Waals surface area contributed by atoms with Crippen LogP contribution >= 0.6 is 0 Å². The predicted octanol–water partition coefficient (Wildman–Crippen LogP) is 1.10. The zero-order chi connectivity index (χ0) is 15.7. The molecule has 1 saturated carbocycles. The lowest BCUT2D eigenvalue weighted by Crippen LogP contribution is -2.41. The summed E-state index contributed by atoms with van der Waals surface area (Å²) in [6.45, 7) is 1.57. The van der Waals surface area contributed by atoms with Crippen LogP contribution in [-0.4, -0.2) is 58.4 Å². The molecule has 0 aromatic rings. The second-order valence-corrected chi connectivity index (χ2v) is 6.85. The SMILES string of the molecule is O=C(O)C1CC(=O)N(C2CCN(C(=O)C3CCCCC3)C2)C1. The van der Waals surface area contributed by atoms with Crippen LogP contribution in [0.25, 0.3) is 0 Å². The van der Waals surface area contributed by atoms with Gasteiger partial charge in [-0.3, -0.25) is 14.4 Å². The minimum atomic E-state index is -0.899. The Balaban J connectivity index is 1.57. The third kappa shape index (κ3) is 2.96. The van der Waals surface area contributed by atoms with Gasteiger partial charge in [-0.05, 0) is 19.3 Å². The third-order valence-electron chi connectivity index (χ3n) is 5.38. The van der Waals surface area contributed by atoms with Gasteiger partial charge in [0.15, 0.2) is 0 Å². The van der Waals surface area contributed by atoms with Crippen molar-refractivity contribution in [1.82, 2.24) is 9.80 Å². The molecular weight excluding hydrogens is 284 g/mol. The molecule has 22 heavy (non-hydrogen) atoms. The summed E-state index contributed by atoms with van der Waals surface area (Å²) in [4.78, 5) is 39.2.